The van der Waals surface area contributed by atoms with Gasteiger partial charge < -0.3 is 0 Å². The average Bonchev–Trinajstić information content (AvgIpc) is 2.77. The maximum absolute atomic E-state index is 12.3. The smallest absolute Gasteiger partial charge is 0.184 e. The van der Waals surface area contributed by atoms with E-state index in [2.05, 4.69) is 13.0 Å². The van der Waals surface area contributed by atoms with Crippen LogP contribution in [0.15, 0.2) is 22.8 Å². The van der Waals surface area contributed by atoms with Crippen LogP contribution in [-0.2, 0) is 4.79 Å². The highest BCUT2D eigenvalue weighted by molar-refractivity contribution is 6.11. The van der Waals surface area contributed by atoms with Crippen LogP contribution < -0.4 is 0 Å². The molecule has 0 unspecified atom stereocenters. The number of ketones is 1. The van der Waals surface area contributed by atoms with Crippen LogP contribution >= 0.6 is 0 Å². The SMILES string of the molecule is CCCCC/C=C1/CCC(=C2CCCCC2)C1=O. The molecular formula is C17H26O. The van der Waals surface area contributed by atoms with Gasteiger partial charge in [-0.2, -0.15) is 0 Å². The number of unbranched alkanes of at least 4 members (excludes halogenated alkanes) is 3. The van der Waals surface area contributed by atoms with Gasteiger partial charge in [-0.15, -0.1) is 0 Å². The van der Waals surface area contributed by atoms with E-state index in [4.69, 9.17) is 0 Å². The van der Waals surface area contributed by atoms with Gasteiger partial charge >= 0.3 is 0 Å². The van der Waals surface area contributed by atoms with Gasteiger partial charge in [-0.05, 0) is 62.5 Å². The van der Waals surface area contributed by atoms with E-state index in [9.17, 15) is 4.79 Å². The first kappa shape index (κ1) is 13.6. The summed E-state index contributed by atoms with van der Waals surface area (Å²) in [5.74, 6) is 0.392. The van der Waals surface area contributed by atoms with Crippen LogP contribution in [0.2, 0.25) is 0 Å². The Labute approximate surface area is 111 Å². The molecule has 0 aromatic rings. The minimum absolute atomic E-state index is 0.392. The van der Waals surface area contributed by atoms with E-state index in [0.717, 1.165) is 24.8 Å². The van der Waals surface area contributed by atoms with Crippen molar-refractivity contribution in [1.82, 2.24) is 0 Å². The van der Waals surface area contributed by atoms with Gasteiger partial charge in [-0.25, -0.2) is 0 Å². The summed E-state index contributed by atoms with van der Waals surface area (Å²) in [4.78, 5) is 12.3. The molecule has 100 valence electrons. The van der Waals surface area contributed by atoms with Crippen molar-refractivity contribution in [3.63, 3.8) is 0 Å². The lowest BCUT2D eigenvalue weighted by atomic mass is 9.90. The van der Waals surface area contributed by atoms with Crippen molar-refractivity contribution < 1.29 is 4.79 Å². The third kappa shape index (κ3) is 3.34. The van der Waals surface area contributed by atoms with Crippen LogP contribution in [0, 0.1) is 0 Å². The molecule has 1 heteroatoms. The summed E-state index contributed by atoms with van der Waals surface area (Å²) < 4.78 is 0. The van der Waals surface area contributed by atoms with Crippen LogP contribution in [-0.4, -0.2) is 5.78 Å². The molecule has 0 aromatic heterocycles. The third-order valence-electron chi connectivity index (χ3n) is 4.29. The molecule has 0 aliphatic heterocycles. The fourth-order valence-corrected chi connectivity index (χ4v) is 3.16. The highest BCUT2D eigenvalue weighted by Crippen LogP contribution is 2.35. The highest BCUT2D eigenvalue weighted by Gasteiger charge is 2.26. The fourth-order valence-electron chi connectivity index (χ4n) is 3.16. The van der Waals surface area contributed by atoms with Gasteiger partial charge in [-0.1, -0.05) is 37.8 Å². The minimum Gasteiger partial charge on any atom is -0.289 e. The zero-order valence-electron chi connectivity index (χ0n) is 11.8. The van der Waals surface area contributed by atoms with Gasteiger partial charge in [0.15, 0.2) is 5.78 Å². The second-order valence-corrected chi connectivity index (χ2v) is 5.70. The summed E-state index contributed by atoms with van der Waals surface area (Å²) in [5, 5.41) is 0. The normalized spacial score (nSPS) is 23.2. The van der Waals surface area contributed by atoms with Gasteiger partial charge in [-0.3, -0.25) is 4.79 Å². The Morgan fingerprint density at radius 1 is 1.00 bits per heavy atom. The Hall–Kier alpha value is -0.850. The van der Waals surface area contributed by atoms with Crippen molar-refractivity contribution in [2.24, 2.45) is 0 Å². The van der Waals surface area contributed by atoms with Crippen LogP contribution in [0.5, 0.6) is 0 Å². The molecule has 0 atom stereocenters. The fraction of sp³-hybridized carbons (Fsp3) is 0.706. The topological polar surface area (TPSA) is 17.1 Å². The van der Waals surface area contributed by atoms with Gasteiger partial charge in [0.1, 0.15) is 0 Å². The van der Waals surface area contributed by atoms with E-state index in [1.165, 1.54) is 62.5 Å². The standard InChI is InChI=1S/C17H26O/c1-2-3-4-6-11-15-12-13-16(17(15)18)14-9-7-5-8-10-14/h11H,2-10,12-13H2,1H3/b15-11-. The van der Waals surface area contributed by atoms with Crippen molar-refractivity contribution in [2.45, 2.75) is 77.6 Å². The Morgan fingerprint density at radius 3 is 2.50 bits per heavy atom. The molecule has 0 saturated heterocycles. The molecule has 0 bridgehead atoms. The largest absolute Gasteiger partial charge is 0.289 e. The van der Waals surface area contributed by atoms with Crippen molar-refractivity contribution in [3.05, 3.63) is 22.8 Å². The molecule has 2 fully saturated rings. The number of carbonyl (C=O) groups excluding carboxylic acids is 1. The molecule has 0 aromatic carbocycles. The summed E-state index contributed by atoms with van der Waals surface area (Å²) in [6.45, 7) is 2.22. The summed E-state index contributed by atoms with van der Waals surface area (Å²) in [6, 6.07) is 0. The number of allylic oxidation sites excluding steroid dienone is 4. The monoisotopic (exact) mass is 246 g/mol. The molecule has 0 heterocycles. The Morgan fingerprint density at radius 2 is 1.78 bits per heavy atom. The predicted molar refractivity (Wildman–Crippen MR) is 76.6 cm³/mol. The predicted octanol–water partition coefficient (Wildman–Crippen LogP) is 5.12. The van der Waals surface area contributed by atoms with Crippen LogP contribution in [0.25, 0.3) is 0 Å². The van der Waals surface area contributed by atoms with Crippen molar-refractivity contribution in [3.8, 4) is 0 Å². The van der Waals surface area contributed by atoms with E-state index in [1.54, 1.807) is 0 Å². The number of hydrogen-bond acceptors (Lipinski definition) is 1. The maximum atomic E-state index is 12.3. The third-order valence-corrected chi connectivity index (χ3v) is 4.29. The summed E-state index contributed by atoms with van der Waals surface area (Å²) in [5.41, 5.74) is 3.79. The van der Waals surface area contributed by atoms with Crippen LogP contribution in [0.1, 0.15) is 77.6 Å². The molecule has 2 saturated carbocycles. The van der Waals surface area contributed by atoms with Crippen molar-refractivity contribution >= 4 is 5.78 Å². The van der Waals surface area contributed by atoms with E-state index in [1.807, 2.05) is 0 Å². The van der Waals surface area contributed by atoms with Gasteiger partial charge in [0, 0.05) is 0 Å². The van der Waals surface area contributed by atoms with E-state index in [-0.39, 0.29) is 0 Å². The Kier molecular flexibility index (Phi) is 5.22. The molecule has 2 rings (SSSR count). The van der Waals surface area contributed by atoms with E-state index in [0.29, 0.717) is 5.78 Å². The summed E-state index contributed by atoms with van der Waals surface area (Å²) >= 11 is 0. The molecule has 0 amide bonds. The molecule has 0 N–H and O–H groups in total. The zero-order valence-corrected chi connectivity index (χ0v) is 11.8. The summed E-state index contributed by atoms with van der Waals surface area (Å²) in [6.07, 6.45) is 15.4. The van der Waals surface area contributed by atoms with Gasteiger partial charge in [0.2, 0.25) is 0 Å². The highest BCUT2D eigenvalue weighted by atomic mass is 16.1. The first-order valence-electron chi connectivity index (χ1n) is 7.77. The lowest BCUT2D eigenvalue weighted by Crippen LogP contribution is -2.03. The lowest BCUT2D eigenvalue weighted by molar-refractivity contribution is -0.111. The lowest BCUT2D eigenvalue weighted by Gasteiger charge is -2.15. The molecule has 0 spiro atoms. The van der Waals surface area contributed by atoms with E-state index < -0.39 is 0 Å². The van der Waals surface area contributed by atoms with Gasteiger partial charge in [0.25, 0.3) is 0 Å². The summed E-state index contributed by atoms with van der Waals surface area (Å²) in [7, 11) is 0. The molecule has 2 aliphatic carbocycles. The van der Waals surface area contributed by atoms with Crippen LogP contribution in [0.4, 0.5) is 0 Å². The molecule has 1 nitrogen and oxygen atoms in total. The number of carbonyl (C=O) groups is 1. The zero-order chi connectivity index (χ0) is 12.8. The van der Waals surface area contributed by atoms with E-state index >= 15 is 0 Å². The second kappa shape index (κ2) is 6.92. The van der Waals surface area contributed by atoms with Crippen LogP contribution in [0.3, 0.4) is 0 Å². The van der Waals surface area contributed by atoms with Gasteiger partial charge in [0.05, 0.1) is 0 Å². The van der Waals surface area contributed by atoms with Crippen molar-refractivity contribution in [2.75, 3.05) is 0 Å². The number of hydrogen-bond donors (Lipinski definition) is 0. The quantitative estimate of drug-likeness (QED) is 0.497. The first-order valence-corrected chi connectivity index (χ1v) is 7.77. The Bertz CT molecular complexity index is 352. The van der Waals surface area contributed by atoms with Crippen molar-refractivity contribution in [1.29, 1.82) is 0 Å². The number of Topliss-reactive ketones (excluding diaryl/α,β-unsaturated/α-hetero) is 1. The molecule has 2 aliphatic rings. The Balaban J connectivity index is 1.96. The molecular weight excluding hydrogens is 220 g/mol. The average molecular weight is 246 g/mol. The number of rotatable bonds is 4. The first-order chi connectivity index (χ1) is 8.83. The minimum atomic E-state index is 0.392. The molecule has 0 radical (unpaired) electrons. The molecule has 18 heavy (non-hydrogen) atoms. The second-order valence-electron chi connectivity index (χ2n) is 5.70. The maximum Gasteiger partial charge on any atom is 0.184 e.